The predicted octanol–water partition coefficient (Wildman–Crippen LogP) is 5.49. The van der Waals surface area contributed by atoms with Crippen molar-refractivity contribution in [2.75, 3.05) is 0 Å². The van der Waals surface area contributed by atoms with E-state index in [2.05, 4.69) is 0 Å². The van der Waals surface area contributed by atoms with Crippen LogP contribution >= 0.6 is 0 Å². The van der Waals surface area contributed by atoms with Gasteiger partial charge in [-0.05, 0) is 0 Å². The highest BCUT2D eigenvalue weighted by Gasteiger charge is 2.93. The molecule has 0 radical (unpaired) electrons. The van der Waals surface area contributed by atoms with Gasteiger partial charge in [-0.25, -0.2) is 22.0 Å². The Morgan fingerprint density at radius 1 is 0.364 bits per heavy atom. The highest BCUT2D eigenvalue weighted by Crippen LogP contribution is 2.62. The zero-order valence-electron chi connectivity index (χ0n) is 14.4. The van der Waals surface area contributed by atoms with Gasteiger partial charge in [0.15, 0.2) is 23.3 Å². The van der Waals surface area contributed by atoms with E-state index in [4.69, 9.17) is 0 Å². The van der Waals surface area contributed by atoms with E-state index >= 15 is 0 Å². The standard InChI is InChI=1S/C13H2F19N/c14-2-1(3(15)5(17)6(18)4(2)16)7(19,33)8(20,21)9(22,23)10(24,25)11(26,27)12(28,29)13(30,31)32/h33H2/p+1. The van der Waals surface area contributed by atoms with Crippen LogP contribution in [0.1, 0.15) is 5.56 Å². The van der Waals surface area contributed by atoms with Gasteiger partial charge in [0.2, 0.25) is 5.82 Å². The Balaban J connectivity index is 3.91. The topological polar surface area (TPSA) is 27.6 Å². The lowest BCUT2D eigenvalue weighted by atomic mass is 9.86. The van der Waals surface area contributed by atoms with Crippen molar-refractivity contribution < 1.29 is 89.2 Å². The van der Waals surface area contributed by atoms with E-state index in [1.165, 1.54) is 5.73 Å². The van der Waals surface area contributed by atoms with Gasteiger partial charge in [0.05, 0.1) is 0 Å². The fraction of sp³-hybridized carbons (Fsp3) is 0.538. The van der Waals surface area contributed by atoms with Crippen molar-refractivity contribution in [1.29, 1.82) is 0 Å². The molecule has 0 aromatic heterocycles. The van der Waals surface area contributed by atoms with Gasteiger partial charge in [-0.2, -0.15) is 61.5 Å². The van der Waals surface area contributed by atoms with Gasteiger partial charge in [-0.15, -0.1) is 0 Å². The summed E-state index contributed by atoms with van der Waals surface area (Å²) in [6.07, 6.45) is -7.80. The molecule has 0 amide bonds. The third-order valence-electron chi connectivity index (χ3n) is 4.04. The van der Waals surface area contributed by atoms with Crippen molar-refractivity contribution >= 4 is 0 Å². The first-order valence-corrected chi connectivity index (χ1v) is 7.19. The molecule has 0 aliphatic heterocycles. The second-order valence-electron chi connectivity index (χ2n) is 6.12. The Morgan fingerprint density at radius 2 is 0.606 bits per heavy atom. The summed E-state index contributed by atoms with van der Waals surface area (Å²) < 4.78 is 250. The van der Waals surface area contributed by atoms with Crippen molar-refractivity contribution in [3.8, 4) is 0 Å². The van der Waals surface area contributed by atoms with Crippen molar-refractivity contribution in [1.82, 2.24) is 0 Å². The number of benzene rings is 1. The molecule has 1 atom stereocenters. The minimum Gasteiger partial charge on any atom is -0.316 e. The van der Waals surface area contributed by atoms with Gasteiger partial charge in [0, 0.05) is 0 Å². The van der Waals surface area contributed by atoms with Crippen LogP contribution < -0.4 is 5.73 Å². The molecule has 0 aliphatic carbocycles. The van der Waals surface area contributed by atoms with Gasteiger partial charge < -0.3 is 5.73 Å². The largest absolute Gasteiger partial charge is 0.460 e. The molecule has 1 nitrogen and oxygen atoms in total. The molecule has 192 valence electrons. The average Bonchev–Trinajstić information content (AvgIpc) is 2.62. The maximum Gasteiger partial charge on any atom is 0.460 e. The predicted molar refractivity (Wildman–Crippen MR) is 62.7 cm³/mol. The van der Waals surface area contributed by atoms with Crippen molar-refractivity contribution in [2.24, 2.45) is 0 Å². The van der Waals surface area contributed by atoms with Crippen molar-refractivity contribution in [2.45, 2.75) is 41.6 Å². The van der Waals surface area contributed by atoms with E-state index in [9.17, 15) is 83.4 Å². The van der Waals surface area contributed by atoms with Crippen LogP contribution in [0.3, 0.4) is 0 Å². The van der Waals surface area contributed by atoms with E-state index in [1.807, 2.05) is 0 Å². The molecule has 0 spiro atoms. The van der Waals surface area contributed by atoms with Crippen molar-refractivity contribution in [3.05, 3.63) is 34.6 Å². The van der Waals surface area contributed by atoms with Crippen LogP contribution in [0.15, 0.2) is 0 Å². The van der Waals surface area contributed by atoms with Crippen LogP contribution in [0, 0.1) is 29.1 Å². The summed E-state index contributed by atoms with van der Waals surface area (Å²) in [5.41, 5.74) is -2.56. The highest BCUT2D eigenvalue weighted by molar-refractivity contribution is 5.31. The average molecular weight is 534 g/mol. The SMILES string of the molecule is [NH3+]C(F)(c1c(F)c(F)c(F)c(F)c1F)C(F)(F)C(F)(F)C(F)(F)C(F)(F)C(F)(F)C(F)(F)F. The molecule has 3 N–H and O–H groups in total. The molecule has 0 bridgehead atoms. The molecule has 1 unspecified atom stereocenters. The van der Waals surface area contributed by atoms with E-state index in [0.29, 0.717) is 0 Å². The van der Waals surface area contributed by atoms with Gasteiger partial charge in [-0.3, -0.25) is 0 Å². The zero-order chi connectivity index (χ0) is 27.0. The molecule has 0 aliphatic rings. The minimum atomic E-state index is -8.60. The third kappa shape index (κ3) is 3.46. The normalized spacial score (nSPS) is 16.7. The summed E-state index contributed by atoms with van der Waals surface area (Å²) in [7, 11) is 0. The Labute approximate surface area is 166 Å². The second kappa shape index (κ2) is 7.42. The molecule has 1 aromatic carbocycles. The number of alkyl halides is 14. The smallest absolute Gasteiger partial charge is 0.316 e. The summed E-state index contributed by atoms with van der Waals surface area (Å²) in [4.78, 5) is 0. The first kappa shape index (κ1) is 28.9. The van der Waals surface area contributed by atoms with Gasteiger partial charge >= 0.3 is 41.6 Å². The fourth-order valence-electron chi connectivity index (χ4n) is 2.13. The second-order valence-corrected chi connectivity index (χ2v) is 6.12. The van der Waals surface area contributed by atoms with Gasteiger partial charge in [-0.1, -0.05) is 0 Å². The summed E-state index contributed by atoms with van der Waals surface area (Å²) in [5.74, 6) is -65.8. The van der Waals surface area contributed by atoms with Crippen LogP contribution in [0.2, 0.25) is 0 Å². The summed E-state index contributed by atoms with van der Waals surface area (Å²) in [6.45, 7) is 0. The molecule has 33 heavy (non-hydrogen) atoms. The number of hydrogen-bond acceptors (Lipinski definition) is 0. The first-order valence-electron chi connectivity index (χ1n) is 7.19. The van der Waals surface area contributed by atoms with Crippen LogP contribution in [0.25, 0.3) is 0 Å². The third-order valence-corrected chi connectivity index (χ3v) is 4.04. The maximum atomic E-state index is 14.3. The van der Waals surface area contributed by atoms with Crippen molar-refractivity contribution in [3.63, 3.8) is 0 Å². The lowest BCUT2D eigenvalue weighted by Crippen LogP contribution is -2.82. The fourth-order valence-corrected chi connectivity index (χ4v) is 2.13. The Kier molecular flexibility index (Phi) is 6.50. The van der Waals surface area contributed by atoms with Gasteiger partial charge in [0.25, 0.3) is 0 Å². The molecule has 0 saturated heterocycles. The number of halogens is 19. The zero-order valence-corrected chi connectivity index (χ0v) is 14.4. The quantitative estimate of drug-likeness (QED) is 0.217. The first-order chi connectivity index (χ1) is 14.2. The van der Waals surface area contributed by atoms with Gasteiger partial charge in [0.1, 0.15) is 5.56 Å². The lowest BCUT2D eigenvalue weighted by molar-refractivity contribution is -0.603. The molecular weight excluding hydrogens is 531 g/mol. The minimum absolute atomic E-state index is 1.20. The van der Waals surface area contributed by atoms with E-state index in [0.717, 1.165) is 0 Å². The molecule has 1 rings (SSSR count). The number of quaternary nitrogens is 1. The molecular formula is C13H3F19N+. The highest BCUT2D eigenvalue weighted by atomic mass is 19.4. The molecule has 0 heterocycles. The van der Waals surface area contributed by atoms with Crippen LogP contribution in [0.4, 0.5) is 83.4 Å². The van der Waals surface area contributed by atoms with Crippen LogP contribution in [0.5, 0.6) is 0 Å². The summed E-state index contributed by atoms with van der Waals surface area (Å²) >= 11 is 0. The molecule has 20 heteroatoms. The number of hydrogen-bond donors (Lipinski definition) is 1. The van der Waals surface area contributed by atoms with E-state index < -0.39 is 76.2 Å². The summed E-state index contributed by atoms with van der Waals surface area (Å²) in [5, 5.41) is 0. The Bertz CT molecular complexity index is 898. The van der Waals surface area contributed by atoms with E-state index in [-0.39, 0.29) is 0 Å². The monoisotopic (exact) mass is 534 g/mol. The van der Waals surface area contributed by atoms with Crippen LogP contribution in [-0.4, -0.2) is 35.8 Å². The molecule has 1 aromatic rings. The van der Waals surface area contributed by atoms with E-state index in [1.54, 1.807) is 0 Å². The van der Waals surface area contributed by atoms with Crippen LogP contribution in [-0.2, 0) is 5.79 Å². The number of rotatable bonds is 6. The summed E-state index contributed by atoms with van der Waals surface area (Å²) in [6, 6.07) is 0. The molecule has 0 fully saturated rings. The molecule has 0 saturated carbocycles. The Morgan fingerprint density at radius 3 is 0.909 bits per heavy atom. The Hall–Kier alpha value is -2.15. The lowest BCUT2D eigenvalue weighted by Gasteiger charge is -2.41. The maximum absolute atomic E-state index is 14.3.